The van der Waals surface area contributed by atoms with Crippen molar-refractivity contribution >= 4 is 22.5 Å². The molecule has 1 heterocycles. The summed E-state index contributed by atoms with van der Waals surface area (Å²) in [6.45, 7) is 1.64. The van der Waals surface area contributed by atoms with Crippen LogP contribution in [0.15, 0.2) is 48.7 Å². The van der Waals surface area contributed by atoms with Gasteiger partial charge in [-0.2, -0.15) is 0 Å². The Hall–Kier alpha value is -2.62. The van der Waals surface area contributed by atoms with Crippen LogP contribution < -0.4 is 5.32 Å². The number of aromatic nitrogens is 1. The molecule has 0 aliphatic heterocycles. The lowest BCUT2D eigenvalue weighted by molar-refractivity contribution is 0.102. The molecule has 3 nitrogen and oxygen atoms in total. The molecule has 0 saturated heterocycles. The fourth-order valence-electron chi connectivity index (χ4n) is 2.13. The fraction of sp³-hybridized carbons (Fsp3) is 0.0625. The number of H-pyrrole nitrogens is 1. The van der Waals surface area contributed by atoms with Crippen LogP contribution in [0.5, 0.6) is 0 Å². The summed E-state index contributed by atoms with van der Waals surface area (Å²) in [5.41, 5.74) is 2.44. The Balaban J connectivity index is 1.90. The van der Waals surface area contributed by atoms with Gasteiger partial charge in [-0.1, -0.05) is 6.07 Å². The van der Waals surface area contributed by atoms with E-state index >= 15 is 0 Å². The summed E-state index contributed by atoms with van der Waals surface area (Å²) < 4.78 is 13.4. The van der Waals surface area contributed by atoms with Gasteiger partial charge in [-0.3, -0.25) is 4.79 Å². The van der Waals surface area contributed by atoms with Gasteiger partial charge < -0.3 is 10.3 Å². The van der Waals surface area contributed by atoms with E-state index in [0.717, 1.165) is 10.9 Å². The number of fused-ring (bicyclic) bond motifs is 1. The quantitative estimate of drug-likeness (QED) is 0.728. The maximum absolute atomic E-state index is 13.4. The predicted molar refractivity (Wildman–Crippen MR) is 77.4 cm³/mol. The molecule has 0 radical (unpaired) electrons. The third-order valence-electron chi connectivity index (χ3n) is 3.33. The number of carbonyl (C=O) groups is 1. The van der Waals surface area contributed by atoms with Crippen LogP contribution in [0.2, 0.25) is 0 Å². The van der Waals surface area contributed by atoms with Gasteiger partial charge in [-0.05, 0) is 43.3 Å². The first-order valence-corrected chi connectivity index (χ1v) is 6.29. The Kier molecular flexibility index (Phi) is 2.99. The highest BCUT2D eigenvalue weighted by atomic mass is 19.1. The van der Waals surface area contributed by atoms with Gasteiger partial charge in [0.1, 0.15) is 5.82 Å². The summed E-state index contributed by atoms with van der Waals surface area (Å²) >= 11 is 0. The molecule has 2 aromatic carbocycles. The standard InChI is InChI=1S/C16H13FN2O/c1-10-13(17)3-2-4-14(10)19-16(20)12-5-6-15-11(9-12)7-8-18-15/h2-9,18H,1H3,(H,19,20). The average Bonchev–Trinajstić information content (AvgIpc) is 2.91. The van der Waals surface area contributed by atoms with E-state index < -0.39 is 0 Å². The van der Waals surface area contributed by atoms with E-state index in [-0.39, 0.29) is 11.7 Å². The van der Waals surface area contributed by atoms with Crippen LogP contribution in [0, 0.1) is 12.7 Å². The van der Waals surface area contributed by atoms with Gasteiger partial charge in [-0.15, -0.1) is 0 Å². The first kappa shape index (κ1) is 12.4. The minimum absolute atomic E-state index is 0.248. The molecule has 0 fully saturated rings. The number of hydrogen-bond donors (Lipinski definition) is 2. The van der Waals surface area contributed by atoms with Crippen LogP contribution in [0.3, 0.4) is 0 Å². The zero-order valence-corrected chi connectivity index (χ0v) is 10.9. The molecule has 100 valence electrons. The van der Waals surface area contributed by atoms with Gasteiger partial charge in [0, 0.05) is 33.9 Å². The molecule has 0 aliphatic rings. The monoisotopic (exact) mass is 268 g/mol. The van der Waals surface area contributed by atoms with E-state index in [2.05, 4.69) is 10.3 Å². The van der Waals surface area contributed by atoms with Crippen LogP contribution in [-0.2, 0) is 0 Å². The molecule has 20 heavy (non-hydrogen) atoms. The van der Waals surface area contributed by atoms with Crippen molar-refractivity contribution < 1.29 is 9.18 Å². The Morgan fingerprint density at radius 2 is 2.05 bits per heavy atom. The SMILES string of the molecule is Cc1c(F)cccc1NC(=O)c1ccc2[nH]ccc2c1. The third kappa shape index (κ3) is 2.16. The lowest BCUT2D eigenvalue weighted by Gasteiger charge is -2.09. The van der Waals surface area contributed by atoms with Crippen molar-refractivity contribution in [3.05, 3.63) is 65.6 Å². The van der Waals surface area contributed by atoms with E-state index in [4.69, 9.17) is 0 Å². The molecule has 0 spiro atoms. The maximum Gasteiger partial charge on any atom is 0.255 e. The highest BCUT2D eigenvalue weighted by Crippen LogP contribution is 2.19. The lowest BCUT2D eigenvalue weighted by atomic mass is 10.1. The molecule has 1 amide bonds. The molecule has 3 aromatic rings. The van der Waals surface area contributed by atoms with Crippen molar-refractivity contribution in [1.82, 2.24) is 4.98 Å². The van der Waals surface area contributed by atoms with Gasteiger partial charge in [-0.25, -0.2) is 4.39 Å². The molecule has 4 heteroatoms. The predicted octanol–water partition coefficient (Wildman–Crippen LogP) is 3.87. The molecule has 0 bridgehead atoms. The summed E-state index contributed by atoms with van der Waals surface area (Å²) in [6.07, 6.45) is 1.82. The number of benzene rings is 2. The average molecular weight is 268 g/mol. The Morgan fingerprint density at radius 1 is 1.20 bits per heavy atom. The largest absolute Gasteiger partial charge is 0.361 e. The highest BCUT2D eigenvalue weighted by Gasteiger charge is 2.10. The number of hydrogen-bond acceptors (Lipinski definition) is 1. The Bertz CT molecular complexity index is 792. The van der Waals surface area contributed by atoms with Crippen molar-refractivity contribution in [1.29, 1.82) is 0 Å². The summed E-state index contributed by atoms with van der Waals surface area (Å²) in [5, 5.41) is 3.70. The molecule has 0 saturated carbocycles. The van der Waals surface area contributed by atoms with E-state index in [9.17, 15) is 9.18 Å². The number of halogens is 1. The Morgan fingerprint density at radius 3 is 2.90 bits per heavy atom. The van der Waals surface area contributed by atoms with Crippen LogP contribution in [-0.4, -0.2) is 10.9 Å². The van der Waals surface area contributed by atoms with Gasteiger partial charge in [0.15, 0.2) is 0 Å². The van der Waals surface area contributed by atoms with E-state index in [1.165, 1.54) is 6.07 Å². The zero-order chi connectivity index (χ0) is 14.1. The van der Waals surface area contributed by atoms with Gasteiger partial charge in [0.25, 0.3) is 5.91 Å². The highest BCUT2D eigenvalue weighted by molar-refractivity contribution is 6.06. The molecule has 0 unspecified atom stereocenters. The van der Waals surface area contributed by atoms with Crippen molar-refractivity contribution in [2.45, 2.75) is 6.92 Å². The summed E-state index contributed by atoms with van der Waals surface area (Å²) in [7, 11) is 0. The zero-order valence-electron chi connectivity index (χ0n) is 10.9. The second-order valence-corrected chi connectivity index (χ2v) is 4.65. The van der Waals surface area contributed by atoms with Crippen molar-refractivity contribution in [3.63, 3.8) is 0 Å². The minimum atomic E-state index is -0.330. The number of carbonyl (C=O) groups excluding carboxylic acids is 1. The number of aromatic amines is 1. The maximum atomic E-state index is 13.4. The minimum Gasteiger partial charge on any atom is -0.361 e. The second kappa shape index (κ2) is 4.81. The van der Waals surface area contributed by atoms with Crippen molar-refractivity contribution in [2.24, 2.45) is 0 Å². The smallest absolute Gasteiger partial charge is 0.255 e. The third-order valence-corrected chi connectivity index (χ3v) is 3.33. The second-order valence-electron chi connectivity index (χ2n) is 4.65. The van der Waals surface area contributed by atoms with Crippen molar-refractivity contribution in [2.75, 3.05) is 5.32 Å². The molecular weight excluding hydrogens is 255 g/mol. The Labute approximate surface area is 115 Å². The van der Waals surface area contributed by atoms with Crippen LogP contribution in [0.4, 0.5) is 10.1 Å². The molecule has 2 N–H and O–H groups in total. The number of anilines is 1. The van der Waals surface area contributed by atoms with Gasteiger partial charge in [0.2, 0.25) is 0 Å². The van der Waals surface area contributed by atoms with Gasteiger partial charge in [0.05, 0.1) is 0 Å². The summed E-state index contributed by atoms with van der Waals surface area (Å²) in [5.74, 6) is -0.578. The lowest BCUT2D eigenvalue weighted by Crippen LogP contribution is -2.13. The first-order valence-electron chi connectivity index (χ1n) is 6.29. The van der Waals surface area contributed by atoms with Crippen molar-refractivity contribution in [3.8, 4) is 0 Å². The van der Waals surface area contributed by atoms with E-state index in [1.807, 2.05) is 18.3 Å². The normalized spacial score (nSPS) is 10.7. The number of nitrogens with one attached hydrogen (secondary N) is 2. The van der Waals surface area contributed by atoms with Gasteiger partial charge >= 0.3 is 0 Å². The number of rotatable bonds is 2. The summed E-state index contributed by atoms with van der Waals surface area (Å²) in [4.78, 5) is 15.3. The van der Waals surface area contributed by atoms with Crippen LogP contribution in [0.1, 0.15) is 15.9 Å². The molecule has 0 aliphatic carbocycles. The topological polar surface area (TPSA) is 44.9 Å². The molecule has 3 rings (SSSR count). The van der Waals surface area contributed by atoms with Crippen LogP contribution >= 0.6 is 0 Å². The molecule has 0 atom stereocenters. The summed E-state index contributed by atoms with van der Waals surface area (Å²) in [6, 6.07) is 11.9. The number of amides is 1. The van der Waals surface area contributed by atoms with Crippen LogP contribution in [0.25, 0.3) is 10.9 Å². The first-order chi connectivity index (χ1) is 9.65. The fourth-order valence-corrected chi connectivity index (χ4v) is 2.13. The molecular formula is C16H13FN2O. The van der Waals surface area contributed by atoms with E-state index in [1.54, 1.807) is 31.2 Å². The molecule has 1 aromatic heterocycles. The van der Waals surface area contributed by atoms with E-state index in [0.29, 0.717) is 16.8 Å².